The van der Waals surface area contributed by atoms with E-state index in [1.165, 1.54) is 6.07 Å². The standard InChI is InChI=1S/C21H16FNO2S/c1-26(25)20-5-3-2-4-17(20)14-6-8-16(18(22)11-14)13-7-9-19-15(10-13)12-21(24)23-19/h2-11H,12H2,1H3,(H,23,24). The molecule has 3 aromatic rings. The number of fused-ring (bicyclic) bond motifs is 1. The number of amides is 1. The van der Waals surface area contributed by atoms with E-state index in [1.807, 2.05) is 30.3 Å². The lowest BCUT2D eigenvalue weighted by Gasteiger charge is -2.10. The minimum absolute atomic E-state index is 0.0443. The summed E-state index contributed by atoms with van der Waals surface area (Å²) in [6.45, 7) is 0. The Kier molecular flexibility index (Phi) is 4.17. The minimum Gasteiger partial charge on any atom is -0.326 e. The second-order valence-corrected chi connectivity index (χ2v) is 7.59. The number of carbonyl (C=O) groups excluding carboxylic acids is 1. The number of hydrogen-bond donors (Lipinski definition) is 1. The molecule has 1 N–H and O–H groups in total. The van der Waals surface area contributed by atoms with Gasteiger partial charge >= 0.3 is 0 Å². The van der Waals surface area contributed by atoms with Crippen molar-refractivity contribution >= 4 is 22.4 Å². The molecule has 5 heteroatoms. The van der Waals surface area contributed by atoms with Crippen molar-refractivity contribution in [2.24, 2.45) is 0 Å². The smallest absolute Gasteiger partial charge is 0.228 e. The largest absolute Gasteiger partial charge is 0.326 e. The third-order valence-electron chi connectivity index (χ3n) is 4.52. The molecule has 1 aliphatic heterocycles. The summed E-state index contributed by atoms with van der Waals surface area (Å²) in [5.74, 6) is -0.395. The van der Waals surface area contributed by atoms with Crippen molar-refractivity contribution < 1.29 is 13.4 Å². The van der Waals surface area contributed by atoms with Crippen LogP contribution in [0.4, 0.5) is 10.1 Å². The predicted molar refractivity (Wildman–Crippen MR) is 102 cm³/mol. The van der Waals surface area contributed by atoms with Crippen molar-refractivity contribution in [1.82, 2.24) is 0 Å². The maximum atomic E-state index is 14.8. The predicted octanol–water partition coefficient (Wildman–Crippen LogP) is 4.39. The Morgan fingerprint density at radius 3 is 2.46 bits per heavy atom. The van der Waals surface area contributed by atoms with E-state index in [-0.39, 0.29) is 11.7 Å². The normalized spacial score (nSPS) is 14.0. The highest BCUT2D eigenvalue weighted by Gasteiger charge is 2.19. The van der Waals surface area contributed by atoms with Crippen LogP contribution in [0.3, 0.4) is 0 Å². The van der Waals surface area contributed by atoms with Gasteiger partial charge in [0.15, 0.2) is 0 Å². The van der Waals surface area contributed by atoms with Gasteiger partial charge in [0.25, 0.3) is 0 Å². The summed E-state index contributed by atoms with van der Waals surface area (Å²) in [7, 11) is -1.15. The third kappa shape index (κ3) is 2.95. The topological polar surface area (TPSA) is 46.2 Å². The summed E-state index contributed by atoms with van der Waals surface area (Å²) < 4.78 is 26.8. The van der Waals surface area contributed by atoms with Crippen LogP contribution in [0.5, 0.6) is 0 Å². The van der Waals surface area contributed by atoms with Crippen molar-refractivity contribution in [1.29, 1.82) is 0 Å². The van der Waals surface area contributed by atoms with E-state index >= 15 is 0 Å². The molecule has 0 saturated carbocycles. The molecule has 0 fully saturated rings. The van der Waals surface area contributed by atoms with E-state index in [1.54, 1.807) is 30.5 Å². The molecule has 0 spiro atoms. The fourth-order valence-corrected chi connectivity index (χ4v) is 4.04. The van der Waals surface area contributed by atoms with Crippen LogP contribution in [0.25, 0.3) is 22.3 Å². The monoisotopic (exact) mass is 365 g/mol. The van der Waals surface area contributed by atoms with E-state index in [4.69, 9.17) is 0 Å². The Morgan fingerprint density at radius 2 is 1.69 bits per heavy atom. The van der Waals surface area contributed by atoms with E-state index in [9.17, 15) is 13.4 Å². The number of rotatable bonds is 3. The lowest BCUT2D eigenvalue weighted by atomic mass is 9.98. The zero-order valence-corrected chi connectivity index (χ0v) is 14.9. The quantitative estimate of drug-likeness (QED) is 0.748. The van der Waals surface area contributed by atoms with E-state index in [0.717, 1.165) is 22.4 Å². The lowest BCUT2D eigenvalue weighted by molar-refractivity contribution is -0.115. The summed E-state index contributed by atoms with van der Waals surface area (Å²) in [4.78, 5) is 12.2. The van der Waals surface area contributed by atoms with Crippen LogP contribution >= 0.6 is 0 Å². The minimum atomic E-state index is -1.15. The molecule has 26 heavy (non-hydrogen) atoms. The highest BCUT2D eigenvalue weighted by atomic mass is 32.2. The number of carbonyl (C=O) groups is 1. The van der Waals surface area contributed by atoms with Crippen LogP contribution in [0.15, 0.2) is 65.6 Å². The third-order valence-corrected chi connectivity index (χ3v) is 5.49. The van der Waals surface area contributed by atoms with Crippen molar-refractivity contribution in [2.75, 3.05) is 11.6 Å². The van der Waals surface area contributed by atoms with Gasteiger partial charge in [0, 0.05) is 22.4 Å². The molecule has 1 atom stereocenters. The molecule has 130 valence electrons. The highest BCUT2D eigenvalue weighted by molar-refractivity contribution is 7.84. The van der Waals surface area contributed by atoms with Gasteiger partial charge in [0.05, 0.1) is 17.2 Å². The molecule has 0 saturated heterocycles. The van der Waals surface area contributed by atoms with Crippen LogP contribution in [0.1, 0.15) is 5.56 Å². The summed E-state index contributed by atoms with van der Waals surface area (Å²) in [5.41, 5.74) is 4.33. The van der Waals surface area contributed by atoms with Crippen LogP contribution in [0, 0.1) is 5.82 Å². The summed E-state index contributed by atoms with van der Waals surface area (Å²) >= 11 is 0. The maximum Gasteiger partial charge on any atom is 0.228 e. The number of anilines is 1. The van der Waals surface area contributed by atoms with Crippen LogP contribution < -0.4 is 5.32 Å². The SMILES string of the molecule is CS(=O)c1ccccc1-c1ccc(-c2ccc3c(c2)CC(=O)N3)c(F)c1. The second-order valence-electron chi connectivity index (χ2n) is 6.24. The molecule has 4 rings (SSSR count). The van der Waals surface area contributed by atoms with Crippen molar-refractivity contribution in [2.45, 2.75) is 11.3 Å². The summed E-state index contributed by atoms with van der Waals surface area (Å²) in [5, 5.41) is 2.78. The van der Waals surface area contributed by atoms with Gasteiger partial charge in [-0.25, -0.2) is 4.39 Å². The lowest BCUT2D eigenvalue weighted by Crippen LogP contribution is -2.03. The van der Waals surface area contributed by atoms with Gasteiger partial charge in [-0.15, -0.1) is 0 Å². The number of halogens is 1. The summed E-state index contributed by atoms with van der Waals surface area (Å²) in [6.07, 6.45) is 1.93. The van der Waals surface area contributed by atoms with Gasteiger partial charge in [-0.05, 0) is 46.5 Å². The molecule has 0 bridgehead atoms. The first-order valence-electron chi connectivity index (χ1n) is 8.18. The molecule has 0 radical (unpaired) electrons. The van der Waals surface area contributed by atoms with E-state index < -0.39 is 10.8 Å². The zero-order valence-electron chi connectivity index (χ0n) is 14.1. The number of hydrogen-bond acceptors (Lipinski definition) is 2. The van der Waals surface area contributed by atoms with Crippen LogP contribution in [0.2, 0.25) is 0 Å². The van der Waals surface area contributed by atoms with Crippen molar-refractivity contribution in [3.63, 3.8) is 0 Å². The Bertz CT molecular complexity index is 1060. The molecule has 0 aliphatic carbocycles. The first-order valence-corrected chi connectivity index (χ1v) is 9.74. The molecule has 1 amide bonds. The molecular weight excluding hydrogens is 349 g/mol. The van der Waals surface area contributed by atoms with Gasteiger partial charge in [0.1, 0.15) is 5.82 Å². The van der Waals surface area contributed by atoms with Crippen molar-refractivity contribution in [3.05, 3.63) is 72.0 Å². The first kappa shape index (κ1) is 16.7. The Labute approximate surface area is 153 Å². The first-order chi connectivity index (χ1) is 12.5. The number of benzene rings is 3. The number of nitrogens with one attached hydrogen (secondary N) is 1. The molecule has 3 nitrogen and oxygen atoms in total. The summed E-state index contributed by atoms with van der Waals surface area (Å²) in [6, 6.07) is 17.8. The molecule has 1 unspecified atom stereocenters. The zero-order chi connectivity index (χ0) is 18.3. The molecular formula is C21H16FNO2S. The maximum absolute atomic E-state index is 14.8. The van der Waals surface area contributed by atoms with Gasteiger partial charge in [-0.3, -0.25) is 9.00 Å². The highest BCUT2D eigenvalue weighted by Crippen LogP contribution is 2.33. The van der Waals surface area contributed by atoms with Gasteiger partial charge in [-0.1, -0.05) is 36.4 Å². The van der Waals surface area contributed by atoms with Gasteiger partial charge in [0.2, 0.25) is 5.91 Å². The van der Waals surface area contributed by atoms with Gasteiger partial charge < -0.3 is 5.32 Å². The molecule has 3 aromatic carbocycles. The van der Waals surface area contributed by atoms with Crippen LogP contribution in [-0.2, 0) is 22.0 Å². The Balaban J connectivity index is 1.75. The second kappa shape index (κ2) is 6.50. The average molecular weight is 365 g/mol. The van der Waals surface area contributed by atoms with E-state index in [2.05, 4.69) is 5.32 Å². The fraction of sp³-hybridized carbons (Fsp3) is 0.0952. The fourth-order valence-electron chi connectivity index (χ4n) is 3.27. The van der Waals surface area contributed by atoms with Gasteiger partial charge in [-0.2, -0.15) is 0 Å². The van der Waals surface area contributed by atoms with Crippen molar-refractivity contribution in [3.8, 4) is 22.3 Å². The average Bonchev–Trinajstić information content (AvgIpc) is 3.00. The Hall–Kier alpha value is -2.79. The van der Waals surface area contributed by atoms with Crippen LogP contribution in [-0.4, -0.2) is 16.4 Å². The molecule has 1 heterocycles. The van der Waals surface area contributed by atoms with E-state index in [0.29, 0.717) is 22.4 Å². The Morgan fingerprint density at radius 1 is 0.962 bits per heavy atom. The molecule has 0 aromatic heterocycles. The molecule has 1 aliphatic rings.